The average Bonchev–Trinajstić information content (AvgIpc) is 3.28. The van der Waals surface area contributed by atoms with Gasteiger partial charge in [-0.15, -0.1) is 0 Å². The van der Waals surface area contributed by atoms with E-state index in [0.717, 1.165) is 12.1 Å². The average molecular weight is 364 g/mol. The van der Waals surface area contributed by atoms with E-state index in [9.17, 15) is 18.0 Å². The lowest BCUT2D eigenvalue weighted by Crippen LogP contribution is -2.15. The first kappa shape index (κ1) is 16.6. The van der Waals surface area contributed by atoms with Crippen LogP contribution in [0, 0.1) is 5.92 Å². The van der Waals surface area contributed by atoms with E-state index in [2.05, 4.69) is 5.32 Å². The van der Waals surface area contributed by atoms with E-state index in [1.54, 1.807) is 18.2 Å². The summed E-state index contributed by atoms with van der Waals surface area (Å²) >= 11 is 0. The molecule has 2 unspecified atom stereocenters. The number of ether oxygens (including phenoxy) is 2. The molecule has 136 valence electrons. The number of fused-ring (bicyclic) bond motifs is 1. The summed E-state index contributed by atoms with van der Waals surface area (Å²) in [5, 5.41) is 2.72. The number of halogens is 3. The predicted octanol–water partition coefficient (Wildman–Crippen LogP) is 3.76. The van der Waals surface area contributed by atoms with Gasteiger partial charge in [0.05, 0.1) is 16.9 Å². The smallest absolute Gasteiger partial charge is 0.416 e. The fourth-order valence-corrected chi connectivity index (χ4v) is 3.09. The van der Waals surface area contributed by atoms with Gasteiger partial charge >= 0.3 is 6.18 Å². The normalized spacial score (nSPS) is 20.7. The van der Waals surface area contributed by atoms with Crippen LogP contribution in [0.4, 0.5) is 24.5 Å². The lowest BCUT2D eigenvalue weighted by molar-refractivity contribution is -0.137. The highest BCUT2D eigenvalue weighted by Gasteiger charge is 2.45. The van der Waals surface area contributed by atoms with Crippen molar-refractivity contribution in [2.45, 2.75) is 18.5 Å². The number of rotatable bonds is 3. The number of hydrogen-bond donors (Lipinski definition) is 2. The van der Waals surface area contributed by atoms with Crippen LogP contribution in [0.3, 0.4) is 0 Å². The molecule has 0 spiro atoms. The number of carbonyl (C=O) groups is 1. The van der Waals surface area contributed by atoms with Crippen molar-refractivity contribution in [1.29, 1.82) is 0 Å². The Bertz CT molecular complexity index is 882. The summed E-state index contributed by atoms with van der Waals surface area (Å²) < 4.78 is 49.0. The van der Waals surface area contributed by atoms with Gasteiger partial charge in [-0.3, -0.25) is 4.79 Å². The van der Waals surface area contributed by atoms with Gasteiger partial charge in [0.25, 0.3) is 0 Å². The number of anilines is 2. The molecule has 2 aromatic rings. The van der Waals surface area contributed by atoms with Gasteiger partial charge in [-0.1, -0.05) is 18.2 Å². The Hall–Kier alpha value is -2.90. The molecule has 0 saturated heterocycles. The molecule has 1 amide bonds. The minimum atomic E-state index is -4.40. The number of nitrogens with one attached hydrogen (secondary N) is 1. The van der Waals surface area contributed by atoms with Gasteiger partial charge in [0, 0.05) is 18.1 Å². The molecule has 1 fully saturated rings. The van der Waals surface area contributed by atoms with Gasteiger partial charge in [0.15, 0.2) is 11.5 Å². The monoisotopic (exact) mass is 364 g/mol. The second-order valence-electron chi connectivity index (χ2n) is 6.35. The highest BCUT2D eigenvalue weighted by Crippen LogP contribution is 2.49. The number of benzene rings is 2. The molecule has 2 atom stereocenters. The van der Waals surface area contributed by atoms with Gasteiger partial charge < -0.3 is 20.5 Å². The number of nitrogens with two attached hydrogens (primary N) is 1. The van der Waals surface area contributed by atoms with Crippen LogP contribution in [0.25, 0.3) is 0 Å². The molecule has 2 aliphatic rings. The molecular weight excluding hydrogens is 349 g/mol. The number of carbonyl (C=O) groups excluding carboxylic acids is 1. The molecule has 2 aromatic carbocycles. The summed E-state index contributed by atoms with van der Waals surface area (Å²) in [6.07, 6.45) is -3.90. The number of alkyl halides is 3. The predicted molar refractivity (Wildman–Crippen MR) is 87.9 cm³/mol. The second kappa shape index (κ2) is 5.82. The zero-order valence-corrected chi connectivity index (χ0v) is 13.5. The van der Waals surface area contributed by atoms with E-state index in [1.165, 1.54) is 6.07 Å². The third-order valence-corrected chi connectivity index (χ3v) is 4.57. The summed E-state index contributed by atoms with van der Waals surface area (Å²) in [4.78, 5) is 12.4. The van der Waals surface area contributed by atoms with E-state index in [-0.39, 0.29) is 24.5 Å². The van der Waals surface area contributed by atoms with Gasteiger partial charge in [-0.05, 0) is 24.0 Å². The molecule has 1 aliphatic heterocycles. The minimum absolute atomic E-state index is 0.0897. The first-order chi connectivity index (χ1) is 12.3. The highest BCUT2D eigenvalue weighted by atomic mass is 19.4. The van der Waals surface area contributed by atoms with E-state index in [1.807, 2.05) is 0 Å². The van der Waals surface area contributed by atoms with Crippen molar-refractivity contribution in [3.63, 3.8) is 0 Å². The lowest BCUT2D eigenvalue weighted by atomic mass is 10.1. The largest absolute Gasteiger partial charge is 0.454 e. The van der Waals surface area contributed by atoms with Gasteiger partial charge in [0.2, 0.25) is 12.7 Å². The van der Waals surface area contributed by atoms with Crippen LogP contribution in [0.2, 0.25) is 0 Å². The Balaban J connectivity index is 1.47. The topological polar surface area (TPSA) is 73.6 Å². The second-order valence-corrected chi connectivity index (χ2v) is 6.35. The van der Waals surface area contributed by atoms with Crippen LogP contribution in [0.5, 0.6) is 11.5 Å². The van der Waals surface area contributed by atoms with Crippen LogP contribution < -0.4 is 20.5 Å². The summed E-state index contributed by atoms with van der Waals surface area (Å²) in [7, 11) is 0. The minimum Gasteiger partial charge on any atom is -0.454 e. The number of nitrogen functional groups attached to an aromatic ring is 1. The van der Waals surface area contributed by atoms with Crippen molar-refractivity contribution in [2.75, 3.05) is 17.8 Å². The van der Waals surface area contributed by atoms with Crippen molar-refractivity contribution in [3.8, 4) is 11.5 Å². The highest BCUT2D eigenvalue weighted by molar-refractivity contribution is 5.98. The zero-order valence-electron chi connectivity index (χ0n) is 13.5. The summed E-state index contributed by atoms with van der Waals surface area (Å²) in [6, 6.07) is 8.25. The zero-order chi connectivity index (χ0) is 18.5. The fraction of sp³-hybridized carbons (Fsp3) is 0.278. The molecule has 8 heteroatoms. The van der Waals surface area contributed by atoms with Crippen molar-refractivity contribution < 1.29 is 27.4 Å². The fourth-order valence-electron chi connectivity index (χ4n) is 3.09. The Morgan fingerprint density at radius 2 is 1.88 bits per heavy atom. The molecule has 1 heterocycles. The van der Waals surface area contributed by atoms with Crippen molar-refractivity contribution in [3.05, 3.63) is 47.5 Å². The van der Waals surface area contributed by atoms with Crippen LogP contribution in [0.1, 0.15) is 23.5 Å². The molecule has 0 radical (unpaired) electrons. The van der Waals surface area contributed by atoms with Gasteiger partial charge in [-0.25, -0.2) is 0 Å². The summed E-state index contributed by atoms with van der Waals surface area (Å²) in [5.41, 5.74) is 6.44. The molecule has 4 rings (SSSR count). The van der Waals surface area contributed by atoms with Crippen molar-refractivity contribution >= 4 is 17.3 Å². The molecule has 26 heavy (non-hydrogen) atoms. The maximum Gasteiger partial charge on any atom is 0.416 e. The summed E-state index contributed by atoms with van der Waals surface area (Å²) in [6.45, 7) is 0.0897. The van der Waals surface area contributed by atoms with Crippen LogP contribution in [-0.4, -0.2) is 12.7 Å². The quantitative estimate of drug-likeness (QED) is 0.814. The Morgan fingerprint density at radius 1 is 1.15 bits per heavy atom. The van der Waals surface area contributed by atoms with Gasteiger partial charge in [0.1, 0.15) is 0 Å². The lowest BCUT2D eigenvalue weighted by Gasteiger charge is -2.10. The van der Waals surface area contributed by atoms with Crippen LogP contribution in [-0.2, 0) is 11.0 Å². The van der Waals surface area contributed by atoms with E-state index in [0.29, 0.717) is 34.9 Å². The first-order valence-corrected chi connectivity index (χ1v) is 8.00. The van der Waals surface area contributed by atoms with Gasteiger partial charge in [-0.2, -0.15) is 13.2 Å². The number of hydrogen-bond acceptors (Lipinski definition) is 4. The van der Waals surface area contributed by atoms with E-state index < -0.39 is 11.7 Å². The molecule has 0 bridgehead atoms. The van der Waals surface area contributed by atoms with Crippen LogP contribution >= 0.6 is 0 Å². The Morgan fingerprint density at radius 3 is 2.62 bits per heavy atom. The SMILES string of the molecule is Nc1cc2c(cc1NC(=O)C1CC1c1cccc(C(F)(F)F)c1)OCO2. The summed E-state index contributed by atoms with van der Waals surface area (Å²) in [5.74, 6) is 0.0994. The Labute approximate surface area is 146 Å². The molecule has 1 saturated carbocycles. The molecule has 1 aliphatic carbocycles. The molecule has 0 aromatic heterocycles. The number of amides is 1. The Kier molecular flexibility index (Phi) is 3.71. The maximum absolute atomic E-state index is 12.8. The van der Waals surface area contributed by atoms with E-state index in [4.69, 9.17) is 15.2 Å². The molecule has 5 nitrogen and oxygen atoms in total. The maximum atomic E-state index is 12.8. The van der Waals surface area contributed by atoms with Crippen molar-refractivity contribution in [2.24, 2.45) is 5.92 Å². The molecule has 3 N–H and O–H groups in total. The standard InChI is InChI=1S/C18H15F3N2O3/c19-18(20,21)10-3-1-2-9(4-10)11-5-12(11)17(24)23-14-7-16-15(6-13(14)22)25-8-26-16/h1-4,6-7,11-12H,5,8,22H2,(H,23,24). The first-order valence-electron chi connectivity index (χ1n) is 8.00. The molecular formula is C18H15F3N2O3. The van der Waals surface area contributed by atoms with Crippen LogP contribution in [0.15, 0.2) is 36.4 Å². The van der Waals surface area contributed by atoms with Crippen molar-refractivity contribution in [1.82, 2.24) is 0 Å². The van der Waals surface area contributed by atoms with E-state index >= 15 is 0 Å². The third-order valence-electron chi connectivity index (χ3n) is 4.57. The third kappa shape index (κ3) is 3.02.